The van der Waals surface area contributed by atoms with Gasteiger partial charge in [-0.05, 0) is 30.7 Å². The monoisotopic (exact) mass is 190 g/mol. The molecule has 1 unspecified atom stereocenters. The molecule has 3 N–H and O–H groups in total. The van der Waals surface area contributed by atoms with Gasteiger partial charge >= 0.3 is 0 Å². The van der Waals surface area contributed by atoms with Crippen LogP contribution >= 0.6 is 0 Å². The summed E-state index contributed by atoms with van der Waals surface area (Å²) in [7, 11) is 0. The molecule has 2 rings (SSSR count). The number of hydrogen-bond acceptors (Lipinski definition) is 2. The zero-order chi connectivity index (χ0) is 10.6. The molecule has 0 aliphatic carbocycles. The first kappa shape index (κ1) is 10.6. The van der Waals surface area contributed by atoms with E-state index in [4.69, 9.17) is 5.73 Å². The summed E-state index contributed by atoms with van der Waals surface area (Å²) < 4.78 is 0. The third-order valence-corrected chi connectivity index (χ3v) is 2.02. The second-order valence-electron chi connectivity index (χ2n) is 3.14. The lowest BCUT2D eigenvalue weighted by molar-refractivity contribution is 0.992. The Morgan fingerprint density at radius 2 is 2.00 bits per heavy atom. The first-order chi connectivity index (χ1) is 6.75. The first-order valence-corrected chi connectivity index (χ1v) is 5.10. The van der Waals surface area contributed by atoms with Crippen LogP contribution in [-0.4, -0.2) is 6.04 Å². The van der Waals surface area contributed by atoms with Crippen molar-refractivity contribution in [3.05, 3.63) is 29.8 Å². The number of nitrogens with one attached hydrogen (secondary N) is 1. The van der Waals surface area contributed by atoms with Crippen molar-refractivity contribution in [3.63, 3.8) is 0 Å². The van der Waals surface area contributed by atoms with Gasteiger partial charge in [-0.1, -0.05) is 26.0 Å². The van der Waals surface area contributed by atoms with E-state index in [1.165, 1.54) is 11.3 Å². The Hall–Kier alpha value is -1.44. The molecule has 0 radical (unpaired) electrons. The topological polar surface area (TPSA) is 38.0 Å². The van der Waals surface area contributed by atoms with E-state index in [9.17, 15) is 0 Å². The molecular weight excluding hydrogens is 172 g/mol. The Labute approximate surface area is 85.8 Å². The van der Waals surface area contributed by atoms with Crippen molar-refractivity contribution in [2.75, 3.05) is 11.1 Å². The van der Waals surface area contributed by atoms with Crippen molar-refractivity contribution in [2.24, 2.45) is 0 Å². The van der Waals surface area contributed by atoms with Gasteiger partial charge in [0.15, 0.2) is 0 Å². The van der Waals surface area contributed by atoms with Crippen molar-refractivity contribution < 1.29 is 0 Å². The van der Waals surface area contributed by atoms with Gasteiger partial charge in [-0.15, -0.1) is 0 Å². The van der Waals surface area contributed by atoms with Crippen molar-refractivity contribution in [1.82, 2.24) is 0 Å². The minimum Gasteiger partial charge on any atom is -0.399 e. The third-order valence-electron chi connectivity index (χ3n) is 2.02. The maximum atomic E-state index is 5.65. The number of benzene rings is 1. The van der Waals surface area contributed by atoms with Crippen molar-refractivity contribution in [2.45, 2.75) is 26.8 Å². The summed E-state index contributed by atoms with van der Waals surface area (Å²) in [6.07, 6.45) is 4.23. The number of anilines is 2. The zero-order valence-electron chi connectivity index (χ0n) is 9.04. The SMILES string of the molecule is CC.CC1C=Cc2cc(N)ccc2N1. The molecule has 2 heteroatoms. The first-order valence-electron chi connectivity index (χ1n) is 5.10. The summed E-state index contributed by atoms with van der Waals surface area (Å²) in [5.74, 6) is 0. The molecule has 0 saturated heterocycles. The third kappa shape index (κ3) is 2.28. The van der Waals surface area contributed by atoms with Crippen LogP contribution in [0.2, 0.25) is 0 Å². The smallest absolute Gasteiger partial charge is 0.0419 e. The van der Waals surface area contributed by atoms with Gasteiger partial charge in [-0.3, -0.25) is 0 Å². The number of rotatable bonds is 0. The van der Waals surface area contributed by atoms with Gasteiger partial charge < -0.3 is 11.1 Å². The molecule has 2 nitrogen and oxygen atoms in total. The highest BCUT2D eigenvalue weighted by molar-refractivity contribution is 5.73. The second kappa shape index (κ2) is 4.70. The summed E-state index contributed by atoms with van der Waals surface area (Å²) in [5.41, 5.74) is 8.81. The molecule has 1 aliphatic heterocycles. The van der Waals surface area contributed by atoms with Crippen LogP contribution in [0.25, 0.3) is 6.08 Å². The van der Waals surface area contributed by atoms with E-state index >= 15 is 0 Å². The van der Waals surface area contributed by atoms with E-state index in [-0.39, 0.29) is 0 Å². The molecule has 1 heterocycles. The largest absolute Gasteiger partial charge is 0.399 e. The Bertz CT molecular complexity index is 329. The number of hydrogen-bond donors (Lipinski definition) is 2. The average Bonchev–Trinajstić information content (AvgIpc) is 2.21. The molecule has 0 aromatic heterocycles. The highest BCUT2D eigenvalue weighted by Gasteiger charge is 2.07. The number of nitrogens with two attached hydrogens (primary N) is 1. The van der Waals surface area contributed by atoms with Crippen molar-refractivity contribution in [1.29, 1.82) is 0 Å². The fourth-order valence-corrected chi connectivity index (χ4v) is 1.39. The van der Waals surface area contributed by atoms with E-state index in [1.54, 1.807) is 0 Å². The summed E-state index contributed by atoms with van der Waals surface area (Å²) in [6.45, 7) is 6.12. The molecular formula is C12H18N2. The second-order valence-corrected chi connectivity index (χ2v) is 3.14. The minimum atomic E-state index is 0.418. The summed E-state index contributed by atoms with van der Waals surface area (Å²) in [5, 5.41) is 3.34. The molecule has 1 aromatic carbocycles. The lowest BCUT2D eigenvalue weighted by Gasteiger charge is -2.18. The molecule has 1 aromatic rings. The molecule has 1 aliphatic rings. The molecule has 0 fully saturated rings. The molecule has 0 saturated carbocycles. The van der Waals surface area contributed by atoms with E-state index in [0.717, 1.165) is 5.69 Å². The van der Waals surface area contributed by atoms with Crippen LogP contribution < -0.4 is 11.1 Å². The Morgan fingerprint density at radius 1 is 1.29 bits per heavy atom. The van der Waals surface area contributed by atoms with Gasteiger partial charge in [-0.2, -0.15) is 0 Å². The average molecular weight is 190 g/mol. The minimum absolute atomic E-state index is 0.418. The van der Waals surface area contributed by atoms with Gasteiger partial charge in [0.2, 0.25) is 0 Å². The fourth-order valence-electron chi connectivity index (χ4n) is 1.39. The highest BCUT2D eigenvalue weighted by Crippen LogP contribution is 2.24. The van der Waals surface area contributed by atoms with Gasteiger partial charge in [0.1, 0.15) is 0 Å². The summed E-state index contributed by atoms with van der Waals surface area (Å²) in [6, 6.07) is 6.33. The molecule has 76 valence electrons. The van der Waals surface area contributed by atoms with Gasteiger partial charge in [0.05, 0.1) is 0 Å². The number of nitrogen functional groups attached to an aromatic ring is 1. The van der Waals surface area contributed by atoms with Crippen LogP contribution in [0.15, 0.2) is 24.3 Å². The van der Waals surface area contributed by atoms with Gasteiger partial charge in [-0.25, -0.2) is 0 Å². The van der Waals surface area contributed by atoms with Crippen molar-refractivity contribution >= 4 is 17.5 Å². The van der Waals surface area contributed by atoms with E-state index in [1.807, 2.05) is 32.0 Å². The lowest BCUT2D eigenvalue weighted by Crippen LogP contribution is -2.15. The van der Waals surface area contributed by atoms with Crippen LogP contribution in [-0.2, 0) is 0 Å². The van der Waals surface area contributed by atoms with Crippen LogP contribution in [0.5, 0.6) is 0 Å². The van der Waals surface area contributed by atoms with Crippen molar-refractivity contribution in [3.8, 4) is 0 Å². The lowest BCUT2D eigenvalue weighted by atomic mass is 10.1. The molecule has 14 heavy (non-hydrogen) atoms. The maximum Gasteiger partial charge on any atom is 0.0419 e. The van der Waals surface area contributed by atoms with Crippen LogP contribution in [0.4, 0.5) is 11.4 Å². The zero-order valence-corrected chi connectivity index (χ0v) is 9.04. The molecule has 0 spiro atoms. The quantitative estimate of drug-likeness (QED) is 0.617. The van der Waals surface area contributed by atoms with Gasteiger partial charge in [0.25, 0.3) is 0 Å². The fraction of sp³-hybridized carbons (Fsp3) is 0.333. The normalized spacial score (nSPS) is 17.5. The predicted octanol–water partition coefficient (Wildman–Crippen LogP) is 3.12. The maximum absolute atomic E-state index is 5.65. The Kier molecular flexibility index (Phi) is 3.57. The number of fused-ring (bicyclic) bond motifs is 1. The highest BCUT2D eigenvalue weighted by atomic mass is 14.9. The van der Waals surface area contributed by atoms with Crippen LogP contribution in [0.3, 0.4) is 0 Å². The van der Waals surface area contributed by atoms with E-state index in [2.05, 4.69) is 24.4 Å². The molecule has 0 bridgehead atoms. The Balaban J connectivity index is 0.000000461. The van der Waals surface area contributed by atoms with E-state index < -0.39 is 0 Å². The van der Waals surface area contributed by atoms with Crippen LogP contribution in [0, 0.1) is 0 Å². The predicted molar refractivity (Wildman–Crippen MR) is 64.3 cm³/mol. The summed E-state index contributed by atoms with van der Waals surface area (Å²) >= 11 is 0. The molecule has 1 atom stereocenters. The standard InChI is InChI=1S/C10H12N2.C2H6/c1-7-2-3-8-6-9(11)4-5-10(8)12-7;1-2/h2-7,12H,11H2,1H3;1-2H3. The van der Waals surface area contributed by atoms with E-state index in [0.29, 0.717) is 6.04 Å². The Morgan fingerprint density at radius 3 is 2.71 bits per heavy atom. The molecule has 0 amide bonds. The summed E-state index contributed by atoms with van der Waals surface area (Å²) in [4.78, 5) is 0. The van der Waals surface area contributed by atoms with Gasteiger partial charge in [0, 0.05) is 17.4 Å². The van der Waals surface area contributed by atoms with Crippen LogP contribution in [0.1, 0.15) is 26.3 Å².